The van der Waals surface area contributed by atoms with E-state index >= 15 is 0 Å². The molecule has 1 amide bonds. The number of aromatic nitrogens is 2. The van der Waals surface area contributed by atoms with E-state index in [1.807, 2.05) is 19.1 Å². The summed E-state index contributed by atoms with van der Waals surface area (Å²) in [6.07, 6.45) is 6.72. The highest BCUT2D eigenvalue weighted by Gasteiger charge is 2.20. The molecular formula is C27H27N3O4S. The second kappa shape index (κ2) is 10.6. The summed E-state index contributed by atoms with van der Waals surface area (Å²) in [5.74, 6) is 1.33. The Bertz CT molecular complexity index is 1360. The van der Waals surface area contributed by atoms with Gasteiger partial charge in [0.25, 0.3) is 5.91 Å². The van der Waals surface area contributed by atoms with E-state index in [0.717, 1.165) is 32.5 Å². The SMILES string of the molecule is COc1cc(/C=C/C(=O)N(Cc2cccnc2)c2nc3c(C)cc(C)cc3s2)cc(OC)c1OC. The van der Waals surface area contributed by atoms with Crippen molar-refractivity contribution in [2.45, 2.75) is 20.4 Å². The number of pyridine rings is 1. The van der Waals surface area contributed by atoms with Gasteiger partial charge in [-0.1, -0.05) is 23.5 Å². The molecule has 0 atom stereocenters. The largest absolute Gasteiger partial charge is 0.493 e. The molecule has 8 heteroatoms. The van der Waals surface area contributed by atoms with Crippen LogP contribution >= 0.6 is 11.3 Å². The fraction of sp³-hybridized carbons (Fsp3) is 0.222. The van der Waals surface area contributed by atoms with Gasteiger partial charge in [0.2, 0.25) is 5.75 Å². The minimum Gasteiger partial charge on any atom is -0.493 e. The minimum atomic E-state index is -0.198. The summed E-state index contributed by atoms with van der Waals surface area (Å²) in [6, 6.07) is 11.6. The molecule has 0 aliphatic heterocycles. The molecule has 2 heterocycles. The van der Waals surface area contributed by atoms with Gasteiger partial charge in [0.05, 0.1) is 38.1 Å². The summed E-state index contributed by atoms with van der Waals surface area (Å²) >= 11 is 1.50. The van der Waals surface area contributed by atoms with E-state index < -0.39 is 0 Å². The van der Waals surface area contributed by atoms with E-state index in [1.165, 1.54) is 17.4 Å². The molecule has 0 aliphatic rings. The maximum absolute atomic E-state index is 13.5. The van der Waals surface area contributed by atoms with Crippen molar-refractivity contribution in [2.24, 2.45) is 0 Å². The number of nitrogens with zero attached hydrogens (tertiary/aromatic N) is 3. The van der Waals surface area contributed by atoms with Gasteiger partial charge in [0.15, 0.2) is 16.6 Å². The zero-order valence-corrected chi connectivity index (χ0v) is 21.2. The molecule has 4 aromatic rings. The monoisotopic (exact) mass is 489 g/mol. The zero-order valence-electron chi connectivity index (χ0n) is 20.4. The maximum Gasteiger partial charge on any atom is 0.253 e. The molecule has 180 valence electrons. The van der Waals surface area contributed by atoms with Crippen molar-refractivity contribution >= 4 is 38.7 Å². The van der Waals surface area contributed by atoms with Crippen LogP contribution in [0.5, 0.6) is 17.2 Å². The second-order valence-corrected chi connectivity index (χ2v) is 9.01. The third-order valence-electron chi connectivity index (χ3n) is 5.48. The normalized spacial score (nSPS) is 11.1. The summed E-state index contributed by atoms with van der Waals surface area (Å²) in [5, 5.41) is 0.636. The third-order valence-corrected chi connectivity index (χ3v) is 6.51. The van der Waals surface area contributed by atoms with Gasteiger partial charge in [-0.25, -0.2) is 4.98 Å². The summed E-state index contributed by atoms with van der Waals surface area (Å²) in [5.41, 5.74) is 4.81. The number of ether oxygens (including phenoxy) is 3. The first kappa shape index (κ1) is 24.2. The van der Waals surface area contributed by atoms with Crippen molar-refractivity contribution < 1.29 is 19.0 Å². The molecule has 0 saturated heterocycles. The van der Waals surface area contributed by atoms with E-state index in [9.17, 15) is 4.79 Å². The molecule has 0 saturated carbocycles. The molecule has 0 aliphatic carbocycles. The maximum atomic E-state index is 13.5. The predicted octanol–water partition coefficient (Wildman–Crippen LogP) is 5.58. The molecule has 0 N–H and O–H groups in total. The van der Waals surface area contributed by atoms with E-state index in [0.29, 0.717) is 28.9 Å². The van der Waals surface area contributed by atoms with Gasteiger partial charge in [0, 0.05) is 18.5 Å². The number of fused-ring (bicyclic) bond motifs is 1. The number of anilines is 1. The lowest BCUT2D eigenvalue weighted by molar-refractivity contribution is -0.114. The molecule has 35 heavy (non-hydrogen) atoms. The molecule has 0 bridgehead atoms. The molecule has 0 radical (unpaired) electrons. The van der Waals surface area contributed by atoms with Crippen LogP contribution in [0.3, 0.4) is 0 Å². The lowest BCUT2D eigenvalue weighted by Gasteiger charge is -2.18. The van der Waals surface area contributed by atoms with Gasteiger partial charge in [-0.2, -0.15) is 0 Å². The van der Waals surface area contributed by atoms with E-state index in [4.69, 9.17) is 19.2 Å². The Morgan fingerprint density at radius 2 is 1.80 bits per heavy atom. The van der Waals surface area contributed by atoms with Crippen LogP contribution in [0.25, 0.3) is 16.3 Å². The van der Waals surface area contributed by atoms with Crippen molar-refractivity contribution in [3.63, 3.8) is 0 Å². The smallest absolute Gasteiger partial charge is 0.253 e. The zero-order chi connectivity index (χ0) is 24.9. The molecule has 2 aromatic carbocycles. The number of amides is 1. The van der Waals surface area contributed by atoms with E-state index in [2.05, 4.69) is 24.0 Å². The number of rotatable bonds is 8. The van der Waals surface area contributed by atoms with Crippen molar-refractivity contribution in [2.75, 3.05) is 26.2 Å². The summed E-state index contributed by atoms with van der Waals surface area (Å²) < 4.78 is 17.3. The number of thiazole rings is 1. The second-order valence-electron chi connectivity index (χ2n) is 8.00. The number of methoxy groups -OCH3 is 3. The van der Waals surface area contributed by atoms with Gasteiger partial charge in [-0.15, -0.1) is 0 Å². The van der Waals surface area contributed by atoms with Crippen molar-refractivity contribution in [1.82, 2.24) is 9.97 Å². The Kier molecular flexibility index (Phi) is 7.31. The van der Waals surface area contributed by atoms with E-state index in [-0.39, 0.29) is 5.91 Å². The standard InChI is InChI=1S/C27H27N3O4S/c1-17-11-18(2)25-23(12-17)35-27(29-25)30(16-20-7-6-10-28-15-20)24(31)9-8-19-13-21(32-3)26(34-5)22(14-19)33-4/h6-15H,16H2,1-5H3/b9-8+. The fourth-order valence-electron chi connectivity index (χ4n) is 3.84. The number of hydrogen-bond donors (Lipinski definition) is 0. The summed E-state index contributed by atoms with van der Waals surface area (Å²) in [6.45, 7) is 4.45. The lowest BCUT2D eigenvalue weighted by atomic mass is 10.1. The Morgan fingerprint density at radius 3 is 2.43 bits per heavy atom. The average molecular weight is 490 g/mol. The number of carbonyl (C=O) groups excluding carboxylic acids is 1. The first-order valence-corrected chi connectivity index (χ1v) is 11.8. The predicted molar refractivity (Wildman–Crippen MR) is 140 cm³/mol. The van der Waals surface area contributed by atoms with Crippen LogP contribution in [0.4, 0.5) is 5.13 Å². The summed E-state index contributed by atoms with van der Waals surface area (Å²) in [4.78, 5) is 24.2. The van der Waals surface area contributed by atoms with Gasteiger partial charge in [0.1, 0.15) is 0 Å². The van der Waals surface area contributed by atoms with Crippen molar-refractivity contribution in [3.05, 3.63) is 77.1 Å². The highest BCUT2D eigenvalue weighted by atomic mass is 32.1. The Hall–Kier alpha value is -3.91. The molecule has 0 unspecified atom stereocenters. The van der Waals surface area contributed by atoms with E-state index in [1.54, 1.807) is 56.8 Å². The third kappa shape index (κ3) is 5.27. The molecule has 2 aromatic heterocycles. The van der Waals surface area contributed by atoms with Crippen LogP contribution < -0.4 is 19.1 Å². The van der Waals surface area contributed by atoms with Gasteiger partial charge in [-0.3, -0.25) is 14.7 Å². The molecule has 0 spiro atoms. The highest BCUT2D eigenvalue weighted by molar-refractivity contribution is 7.22. The Labute approximate surface area is 208 Å². The minimum absolute atomic E-state index is 0.198. The average Bonchev–Trinajstić information content (AvgIpc) is 3.29. The van der Waals surface area contributed by atoms with Crippen molar-refractivity contribution in [1.29, 1.82) is 0 Å². The quantitative estimate of drug-likeness (QED) is 0.301. The van der Waals surface area contributed by atoms with Gasteiger partial charge < -0.3 is 14.2 Å². The molecule has 4 rings (SSSR count). The lowest BCUT2D eigenvalue weighted by Crippen LogP contribution is -2.28. The number of carbonyl (C=O) groups is 1. The highest BCUT2D eigenvalue weighted by Crippen LogP contribution is 2.38. The first-order valence-electron chi connectivity index (χ1n) is 11.0. The molecular weight excluding hydrogens is 462 g/mol. The topological polar surface area (TPSA) is 73.8 Å². The van der Waals surface area contributed by atoms with Gasteiger partial charge in [-0.05, 0) is 66.4 Å². The number of hydrogen-bond acceptors (Lipinski definition) is 7. The van der Waals surface area contributed by atoms with Crippen LogP contribution in [-0.2, 0) is 11.3 Å². The number of aryl methyl sites for hydroxylation is 2. The Morgan fingerprint density at radius 1 is 1.06 bits per heavy atom. The van der Waals surface area contributed by atoms with Crippen LogP contribution in [0.2, 0.25) is 0 Å². The van der Waals surface area contributed by atoms with Crippen LogP contribution in [0, 0.1) is 13.8 Å². The molecule has 0 fully saturated rings. The van der Waals surface area contributed by atoms with Crippen LogP contribution in [0.1, 0.15) is 22.3 Å². The van der Waals surface area contributed by atoms with Crippen LogP contribution in [0.15, 0.2) is 54.9 Å². The first-order chi connectivity index (χ1) is 16.9. The van der Waals surface area contributed by atoms with Crippen LogP contribution in [-0.4, -0.2) is 37.2 Å². The fourth-order valence-corrected chi connectivity index (χ4v) is 4.99. The van der Waals surface area contributed by atoms with Gasteiger partial charge >= 0.3 is 0 Å². The van der Waals surface area contributed by atoms with Crippen molar-refractivity contribution in [3.8, 4) is 17.2 Å². The summed E-state index contributed by atoms with van der Waals surface area (Å²) in [7, 11) is 4.67. The molecule has 7 nitrogen and oxygen atoms in total. The number of benzene rings is 2. The Balaban J connectivity index is 1.71.